The molecular weight excluding hydrogens is 374 g/mol. The first-order valence-electron chi connectivity index (χ1n) is 9.13. The lowest BCUT2D eigenvalue weighted by Gasteiger charge is -2.21. The molecule has 1 unspecified atom stereocenters. The second-order valence-electron chi connectivity index (χ2n) is 6.31. The van der Waals surface area contributed by atoms with Gasteiger partial charge in [0.2, 0.25) is 6.29 Å². The Labute approximate surface area is 169 Å². The van der Waals surface area contributed by atoms with Gasteiger partial charge in [0.25, 0.3) is 0 Å². The van der Waals surface area contributed by atoms with Gasteiger partial charge in [-0.15, -0.1) is 0 Å². The maximum atomic E-state index is 11.3. The van der Waals surface area contributed by atoms with Crippen LogP contribution in [0.2, 0.25) is 0 Å². The molecular formula is C21H23N3O3S. The number of fused-ring (bicyclic) bond motifs is 1. The van der Waals surface area contributed by atoms with Crippen molar-refractivity contribution in [1.82, 2.24) is 4.98 Å². The summed E-state index contributed by atoms with van der Waals surface area (Å²) in [5, 5.41) is 1.00. The van der Waals surface area contributed by atoms with Gasteiger partial charge in [-0.2, -0.15) is 0 Å². The minimum Gasteiger partial charge on any atom is -0.455 e. The van der Waals surface area contributed by atoms with Crippen LogP contribution in [-0.4, -0.2) is 17.3 Å². The summed E-state index contributed by atoms with van der Waals surface area (Å²) in [5.74, 6) is 1.28. The monoisotopic (exact) mass is 397 g/mol. The van der Waals surface area contributed by atoms with E-state index in [9.17, 15) is 4.79 Å². The number of amides is 2. The van der Waals surface area contributed by atoms with Gasteiger partial charge in [-0.3, -0.25) is 4.98 Å². The number of benzene rings is 2. The van der Waals surface area contributed by atoms with Gasteiger partial charge in [-0.25, -0.2) is 9.10 Å². The van der Waals surface area contributed by atoms with E-state index in [2.05, 4.69) is 24.7 Å². The average molecular weight is 398 g/mol. The van der Waals surface area contributed by atoms with E-state index in [1.165, 1.54) is 0 Å². The van der Waals surface area contributed by atoms with E-state index in [-0.39, 0.29) is 0 Å². The molecule has 2 N–H and O–H groups in total. The Hall–Kier alpha value is -2.93. The van der Waals surface area contributed by atoms with Gasteiger partial charge in [0.05, 0.1) is 11.2 Å². The number of aromatic nitrogens is 1. The number of rotatable bonds is 8. The fraction of sp³-hybridized carbons (Fsp3) is 0.238. The summed E-state index contributed by atoms with van der Waals surface area (Å²) in [6.07, 6.45) is 4.01. The van der Waals surface area contributed by atoms with Crippen LogP contribution in [0.3, 0.4) is 0 Å². The highest BCUT2D eigenvalue weighted by atomic mass is 32.1. The van der Waals surface area contributed by atoms with Gasteiger partial charge in [0.15, 0.2) is 0 Å². The van der Waals surface area contributed by atoms with Crippen molar-refractivity contribution in [3.8, 4) is 11.5 Å². The van der Waals surface area contributed by atoms with Crippen molar-refractivity contribution in [2.75, 3.05) is 4.31 Å². The number of hydrogen-bond acceptors (Lipinski definition) is 5. The van der Waals surface area contributed by atoms with Crippen molar-refractivity contribution < 1.29 is 14.3 Å². The molecule has 3 aromatic rings. The minimum atomic E-state index is -0.663. The molecule has 0 saturated carbocycles. The van der Waals surface area contributed by atoms with Crippen molar-refractivity contribution in [1.29, 1.82) is 0 Å². The molecule has 7 heteroatoms. The predicted molar refractivity (Wildman–Crippen MR) is 114 cm³/mol. The molecule has 0 fully saturated rings. The Bertz CT molecular complexity index is 951. The van der Waals surface area contributed by atoms with E-state index in [1.54, 1.807) is 30.5 Å². The lowest BCUT2D eigenvalue weighted by molar-refractivity contribution is -0.00197. The second kappa shape index (κ2) is 9.32. The average Bonchev–Trinajstić information content (AvgIpc) is 2.71. The Kier molecular flexibility index (Phi) is 6.60. The molecule has 0 radical (unpaired) electrons. The molecule has 0 aliphatic carbocycles. The van der Waals surface area contributed by atoms with Gasteiger partial charge >= 0.3 is 6.03 Å². The molecule has 1 heterocycles. The first kappa shape index (κ1) is 19.8. The molecule has 0 bridgehead atoms. The third-order valence-corrected chi connectivity index (χ3v) is 4.60. The number of nitrogens with two attached hydrogens (primary N) is 1. The van der Waals surface area contributed by atoms with Crippen molar-refractivity contribution >= 4 is 35.4 Å². The summed E-state index contributed by atoms with van der Waals surface area (Å²) in [5.41, 5.74) is 6.71. The molecule has 2 amide bonds. The molecule has 1 aromatic heterocycles. The summed E-state index contributed by atoms with van der Waals surface area (Å²) < 4.78 is 13.2. The number of hydrogen-bond donors (Lipinski definition) is 2. The highest BCUT2D eigenvalue weighted by molar-refractivity contribution is 7.82. The smallest absolute Gasteiger partial charge is 0.329 e. The summed E-state index contributed by atoms with van der Waals surface area (Å²) in [4.78, 5) is 15.6. The molecule has 3 rings (SSSR count). The van der Waals surface area contributed by atoms with Crippen molar-refractivity contribution in [2.45, 2.75) is 32.5 Å². The Morgan fingerprint density at radius 3 is 2.68 bits per heavy atom. The van der Waals surface area contributed by atoms with Crippen molar-refractivity contribution in [2.24, 2.45) is 5.73 Å². The largest absolute Gasteiger partial charge is 0.455 e. The molecule has 2 aromatic carbocycles. The Morgan fingerprint density at radius 1 is 1.14 bits per heavy atom. The van der Waals surface area contributed by atoms with Crippen LogP contribution < -0.4 is 19.5 Å². The number of pyridine rings is 1. The molecule has 0 spiro atoms. The number of ether oxygens (including phenoxy) is 2. The number of primary amides is 1. The van der Waals surface area contributed by atoms with Gasteiger partial charge in [-0.1, -0.05) is 38.3 Å². The number of nitrogens with zero attached hydrogens (tertiary/aromatic N) is 2. The molecule has 0 saturated heterocycles. The first-order valence-corrected chi connectivity index (χ1v) is 9.53. The number of thiol groups is 1. The van der Waals surface area contributed by atoms with Crippen LogP contribution in [-0.2, 0) is 0 Å². The van der Waals surface area contributed by atoms with Crippen LogP contribution in [0.1, 0.15) is 26.2 Å². The minimum absolute atomic E-state index is 0.466. The number of urea groups is 1. The highest BCUT2D eigenvalue weighted by Crippen LogP contribution is 2.26. The predicted octanol–water partition coefficient (Wildman–Crippen LogP) is 4.94. The molecule has 1 atom stereocenters. The quantitative estimate of drug-likeness (QED) is 0.417. The Morgan fingerprint density at radius 2 is 1.93 bits per heavy atom. The third kappa shape index (κ3) is 5.07. The van der Waals surface area contributed by atoms with E-state index in [0.29, 0.717) is 17.2 Å². The highest BCUT2D eigenvalue weighted by Gasteiger charge is 2.15. The summed E-state index contributed by atoms with van der Waals surface area (Å²) in [6, 6.07) is 16.0. The Balaban J connectivity index is 1.78. The first-order chi connectivity index (χ1) is 13.6. The standard InChI is InChI=1S/C21H23N3O3S/c1-2-3-9-20(26-17-8-4-7-16(14-17)24(28)21(22)25)27-18-10-11-19-15(13-18)6-5-12-23-19/h4-8,10-14,20,28H,2-3,9H2,1H3,(H2,22,25). The normalized spacial score (nSPS) is 11.8. The maximum absolute atomic E-state index is 11.3. The van der Waals surface area contributed by atoms with E-state index in [1.807, 2.05) is 30.3 Å². The lowest BCUT2D eigenvalue weighted by atomic mass is 10.2. The molecule has 0 aliphatic heterocycles. The van der Waals surface area contributed by atoms with E-state index in [0.717, 1.165) is 34.5 Å². The summed E-state index contributed by atoms with van der Waals surface area (Å²) >= 11 is 4.09. The van der Waals surface area contributed by atoms with Crippen LogP contribution in [0, 0.1) is 0 Å². The molecule has 146 valence electrons. The topological polar surface area (TPSA) is 77.7 Å². The van der Waals surface area contributed by atoms with Gasteiger partial charge in [0, 0.05) is 24.1 Å². The zero-order valence-corrected chi connectivity index (χ0v) is 16.5. The van der Waals surface area contributed by atoms with E-state index >= 15 is 0 Å². The number of carbonyl (C=O) groups is 1. The van der Waals surface area contributed by atoms with Crippen LogP contribution in [0.25, 0.3) is 10.9 Å². The number of carbonyl (C=O) groups excluding carboxylic acids is 1. The van der Waals surface area contributed by atoms with Crippen LogP contribution in [0.15, 0.2) is 60.8 Å². The third-order valence-electron chi connectivity index (χ3n) is 4.17. The van der Waals surface area contributed by atoms with Gasteiger partial charge in [0.1, 0.15) is 11.5 Å². The van der Waals surface area contributed by atoms with Gasteiger partial charge < -0.3 is 15.2 Å². The number of anilines is 1. The molecule has 6 nitrogen and oxygen atoms in total. The van der Waals surface area contributed by atoms with E-state index in [4.69, 9.17) is 15.2 Å². The molecule has 28 heavy (non-hydrogen) atoms. The van der Waals surface area contributed by atoms with Crippen LogP contribution >= 0.6 is 12.8 Å². The SMILES string of the molecule is CCCCC(Oc1cccc(N(S)C(N)=O)c1)Oc1ccc2ncccc2c1. The summed E-state index contributed by atoms with van der Waals surface area (Å²) in [6.45, 7) is 2.12. The lowest BCUT2D eigenvalue weighted by Crippen LogP contribution is -2.27. The van der Waals surface area contributed by atoms with Crippen molar-refractivity contribution in [3.63, 3.8) is 0 Å². The zero-order chi connectivity index (χ0) is 19.9. The van der Waals surface area contributed by atoms with Gasteiger partial charge in [-0.05, 0) is 42.8 Å². The maximum Gasteiger partial charge on any atom is 0.329 e. The fourth-order valence-corrected chi connectivity index (χ4v) is 2.88. The fourth-order valence-electron chi connectivity index (χ4n) is 2.76. The molecule has 0 aliphatic rings. The van der Waals surface area contributed by atoms with E-state index < -0.39 is 12.3 Å². The van der Waals surface area contributed by atoms with Crippen LogP contribution in [0.4, 0.5) is 10.5 Å². The second-order valence-corrected chi connectivity index (χ2v) is 6.71. The summed E-state index contributed by atoms with van der Waals surface area (Å²) in [7, 11) is 0. The van der Waals surface area contributed by atoms with Crippen LogP contribution in [0.5, 0.6) is 11.5 Å². The number of unbranched alkanes of at least 4 members (excludes halogenated alkanes) is 1. The van der Waals surface area contributed by atoms with Crippen molar-refractivity contribution in [3.05, 3.63) is 60.8 Å². The zero-order valence-electron chi connectivity index (χ0n) is 15.6.